The van der Waals surface area contributed by atoms with Gasteiger partial charge in [0.15, 0.2) is 0 Å². The van der Waals surface area contributed by atoms with Gasteiger partial charge in [-0.3, -0.25) is 4.57 Å². The summed E-state index contributed by atoms with van der Waals surface area (Å²) in [5, 5.41) is 2.35. The molecule has 9 rings (SSSR count). The maximum absolute atomic E-state index is 6.66. The molecule has 0 aliphatic carbocycles. The van der Waals surface area contributed by atoms with Gasteiger partial charge in [-0.1, -0.05) is 139 Å². The molecule has 6 aromatic carbocycles. The van der Waals surface area contributed by atoms with Crippen LogP contribution in [-0.4, -0.2) is 16.2 Å². The van der Waals surface area contributed by atoms with E-state index in [2.05, 4.69) is 227 Å². The van der Waals surface area contributed by atoms with E-state index in [0.29, 0.717) is 6.67 Å². The topological polar surface area (TPSA) is 33.5 Å². The summed E-state index contributed by atoms with van der Waals surface area (Å²) >= 11 is 0. The van der Waals surface area contributed by atoms with Gasteiger partial charge < -0.3 is 14.5 Å². The minimum absolute atomic E-state index is 0.00282. The number of aromatic nitrogens is 2. The SMILES string of the molecule is CC(C)(C)c1ccnc(-n2c3ccccc3c3ccc(Oc4cccc(N5C=CN(c6cc(C(C)(C)c7ccccc7)cc(C(C)(C)c7ccccc7)c6)C5)c4)cc32)c1. The van der Waals surface area contributed by atoms with Crippen LogP contribution in [0.3, 0.4) is 0 Å². The summed E-state index contributed by atoms with van der Waals surface area (Å²) in [5.74, 6) is 2.46. The quantitative estimate of drug-likeness (QED) is 0.146. The van der Waals surface area contributed by atoms with Crippen molar-refractivity contribution in [3.05, 3.63) is 204 Å². The number of ether oxygens (including phenoxy) is 1. The number of nitrogens with zero attached hydrogens (tertiary/aromatic N) is 4. The van der Waals surface area contributed by atoms with Crippen molar-refractivity contribution >= 4 is 33.2 Å². The third kappa shape index (κ3) is 7.16. The van der Waals surface area contributed by atoms with Crippen molar-refractivity contribution in [1.82, 2.24) is 9.55 Å². The summed E-state index contributed by atoms with van der Waals surface area (Å²) in [4.78, 5) is 9.48. The maximum Gasteiger partial charge on any atom is 0.137 e. The van der Waals surface area contributed by atoms with Gasteiger partial charge in [0.25, 0.3) is 0 Å². The molecule has 0 fully saturated rings. The number of hydrogen-bond acceptors (Lipinski definition) is 4. The van der Waals surface area contributed by atoms with Crippen LogP contribution in [0, 0.1) is 0 Å². The van der Waals surface area contributed by atoms with E-state index in [1.165, 1.54) is 44.3 Å². The molecule has 3 heterocycles. The zero-order chi connectivity index (χ0) is 40.9. The van der Waals surface area contributed by atoms with Crippen LogP contribution in [0.4, 0.5) is 11.4 Å². The number of pyridine rings is 1. The van der Waals surface area contributed by atoms with Crippen molar-refractivity contribution in [3.63, 3.8) is 0 Å². The number of para-hydroxylation sites is 1. The molecule has 5 heteroatoms. The fourth-order valence-electron chi connectivity index (χ4n) is 8.43. The summed E-state index contributed by atoms with van der Waals surface area (Å²) in [6.45, 7) is 16.7. The largest absolute Gasteiger partial charge is 0.457 e. The van der Waals surface area contributed by atoms with Gasteiger partial charge in [-0.25, -0.2) is 4.98 Å². The maximum atomic E-state index is 6.66. The van der Waals surface area contributed by atoms with Crippen molar-refractivity contribution in [2.75, 3.05) is 16.5 Å². The third-order valence-corrected chi connectivity index (χ3v) is 12.3. The Hall–Kier alpha value is -6.59. The van der Waals surface area contributed by atoms with Crippen molar-refractivity contribution in [2.24, 2.45) is 0 Å². The van der Waals surface area contributed by atoms with Crippen LogP contribution < -0.4 is 14.5 Å². The Morgan fingerprint density at radius 1 is 0.458 bits per heavy atom. The fourth-order valence-corrected chi connectivity index (χ4v) is 8.43. The van der Waals surface area contributed by atoms with E-state index in [-0.39, 0.29) is 16.2 Å². The molecular formula is C54H52N4O. The Kier molecular flexibility index (Phi) is 9.43. The summed E-state index contributed by atoms with van der Waals surface area (Å²) in [7, 11) is 0. The number of fused-ring (bicyclic) bond motifs is 3. The zero-order valence-corrected chi connectivity index (χ0v) is 35.1. The Bertz CT molecular complexity index is 2760. The number of rotatable bonds is 9. The lowest BCUT2D eigenvalue weighted by molar-refractivity contribution is 0.483. The average Bonchev–Trinajstić information content (AvgIpc) is 3.88. The normalized spacial score (nSPS) is 13.5. The molecule has 0 atom stereocenters. The van der Waals surface area contributed by atoms with Gasteiger partial charge in [-0.05, 0) is 87.8 Å². The van der Waals surface area contributed by atoms with E-state index in [9.17, 15) is 0 Å². The molecule has 0 radical (unpaired) electrons. The minimum Gasteiger partial charge on any atom is -0.457 e. The molecule has 0 saturated carbocycles. The van der Waals surface area contributed by atoms with E-state index < -0.39 is 0 Å². The fraction of sp³-hybridized carbons (Fsp3) is 0.204. The Morgan fingerprint density at radius 3 is 1.71 bits per heavy atom. The summed E-state index contributed by atoms with van der Waals surface area (Å²) in [6, 6.07) is 56.5. The second-order valence-electron chi connectivity index (χ2n) is 17.9. The highest BCUT2D eigenvalue weighted by molar-refractivity contribution is 6.09. The van der Waals surface area contributed by atoms with Crippen LogP contribution in [-0.2, 0) is 16.2 Å². The van der Waals surface area contributed by atoms with Crippen LogP contribution in [0.2, 0.25) is 0 Å². The second kappa shape index (κ2) is 14.7. The Balaban J connectivity index is 1.02. The van der Waals surface area contributed by atoms with Crippen LogP contribution in [0.15, 0.2) is 176 Å². The van der Waals surface area contributed by atoms with Crippen LogP contribution in [0.25, 0.3) is 27.6 Å². The molecule has 0 amide bonds. The van der Waals surface area contributed by atoms with Crippen molar-refractivity contribution in [2.45, 2.75) is 64.7 Å². The smallest absolute Gasteiger partial charge is 0.137 e. The number of hydrogen-bond donors (Lipinski definition) is 0. The van der Waals surface area contributed by atoms with Gasteiger partial charge in [0, 0.05) is 63.7 Å². The standard InChI is InChI=1S/C54H52N4O/c1-52(2,3)40-27-28-55-51(34-40)58-49-24-15-14-23-47(49)48-26-25-46(36-50(48)58)59-45-22-16-21-43(35-45)56-29-30-57(37-56)44-32-41(53(4,5)38-17-10-8-11-18-38)31-42(33-44)54(6,7)39-19-12-9-13-20-39/h8-36H,37H2,1-7H3. The summed E-state index contributed by atoms with van der Waals surface area (Å²) in [5.41, 5.74) is 10.4. The van der Waals surface area contributed by atoms with E-state index in [4.69, 9.17) is 9.72 Å². The molecule has 59 heavy (non-hydrogen) atoms. The highest BCUT2D eigenvalue weighted by atomic mass is 16.5. The molecule has 0 spiro atoms. The highest BCUT2D eigenvalue weighted by Crippen LogP contribution is 2.41. The minimum atomic E-state index is -0.196. The molecule has 0 bridgehead atoms. The van der Waals surface area contributed by atoms with Gasteiger partial charge in [-0.15, -0.1) is 0 Å². The van der Waals surface area contributed by atoms with Gasteiger partial charge >= 0.3 is 0 Å². The first-order valence-corrected chi connectivity index (χ1v) is 20.6. The molecule has 8 aromatic rings. The highest BCUT2D eigenvalue weighted by Gasteiger charge is 2.30. The van der Waals surface area contributed by atoms with Gasteiger partial charge in [0.1, 0.15) is 17.3 Å². The molecule has 2 aromatic heterocycles. The lowest BCUT2D eigenvalue weighted by Gasteiger charge is -2.33. The molecule has 0 N–H and O–H groups in total. The second-order valence-corrected chi connectivity index (χ2v) is 17.9. The van der Waals surface area contributed by atoms with Crippen LogP contribution >= 0.6 is 0 Å². The molecule has 5 nitrogen and oxygen atoms in total. The monoisotopic (exact) mass is 772 g/mol. The molecule has 1 aliphatic rings. The van der Waals surface area contributed by atoms with E-state index in [1.54, 1.807) is 0 Å². The van der Waals surface area contributed by atoms with Gasteiger partial charge in [0.05, 0.1) is 17.7 Å². The molecule has 0 saturated heterocycles. The first-order valence-electron chi connectivity index (χ1n) is 20.6. The van der Waals surface area contributed by atoms with E-state index in [0.717, 1.165) is 34.0 Å². The number of benzene rings is 6. The van der Waals surface area contributed by atoms with Crippen molar-refractivity contribution < 1.29 is 4.74 Å². The van der Waals surface area contributed by atoms with Crippen molar-refractivity contribution in [3.8, 4) is 17.3 Å². The summed E-state index contributed by atoms with van der Waals surface area (Å²) < 4.78 is 8.91. The molecule has 0 unspecified atom stereocenters. The van der Waals surface area contributed by atoms with Crippen LogP contribution in [0.1, 0.15) is 76.3 Å². The predicted octanol–water partition coefficient (Wildman–Crippen LogP) is 13.7. The lowest BCUT2D eigenvalue weighted by Crippen LogP contribution is -2.27. The first-order chi connectivity index (χ1) is 28.4. The third-order valence-electron chi connectivity index (χ3n) is 12.3. The molecule has 294 valence electrons. The predicted molar refractivity (Wildman–Crippen MR) is 246 cm³/mol. The Labute approximate surface area is 348 Å². The van der Waals surface area contributed by atoms with Gasteiger partial charge in [0.2, 0.25) is 0 Å². The Morgan fingerprint density at radius 2 is 1.05 bits per heavy atom. The average molecular weight is 773 g/mol. The van der Waals surface area contributed by atoms with Crippen molar-refractivity contribution in [1.29, 1.82) is 0 Å². The lowest BCUT2D eigenvalue weighted by atomic mass is 9.73. The zero-order valence-electron chi connectivity index (χ0n) is 35.1. The van der Waals surface area contributed by atoms with E-state index in [1.807, 2.05) is 12.3 Å². The molecular weight excluding hydrogens is 721 g/mol. The number of anilines is 2. The van der Waals surface area contributed by atoms with Crippen LogP contribution in [0.5, 0.6) is 11.5 Å². The molecule has 1 aliphatic heterocycles. The van der Waals surface area contributed by atoms with Gasteiger partial charge in [-0.2, -0.15) is 0 Å². The first kappa shape index (κ1) is 38.0. The summed E-state index contributed by atoms with van der Waals surface area (Å²) in [6.07, 6.45) is 6.28. The van der Waals surface area contributed by atoms with E-state index >= 15 is 0 Å².